The molecule has 0 fully saturated rings. The maximum atomic E-state index is 2.48. The minimum atomic E-state index is 1.12. The number of rotatable bonds is 16. The van der Waals surface area contributed by atoms with Gasteiger partial charge in [-0.05, 0) is 95.5 Å². The van der Waals surface area contributed by atoms with Crippen LogP contribution >= 0.6 is 22.7 Å². The predicted octanol–water partition coefficient (Wildman–Crippen LogP) is 13.6. The summed E-state index contributed by atoms with van der Waals surface area (Å²) in [5.41, 5.74) is 12.2. The summed E-state index contributed by atoms with van der Waals surface area (Å²) in [5, 5.41) is 3.03. The van der Waals surface area contributed by atoms with Crippen molar-refractivity contribution < 1.29 is 0 Å². The highest BCUT2D eigenvalue weighted by Crippen LogP contribution is 2.57. The van der Waals surface area contributed by atoms with E-state index >= 15 is 0 Å². The summed E-state index contributed by atoms with van der Waals surface area (Å²) in [5.74, 6) is 0. The fourth-order valence-corrected chi connectivity index (χ4v) is 10.5. The van der Waals surface area contributed by atoms with E-state index in [1.807, 2.05) is 0 Å². The Balaban J connectivity index is 1.24. The van der Waals surface area contributed by atoms with E-state index < -0.39 is 0 Å². The first kappa shape index (κ1) is 31.4. The molecule has 0 N–H and O–H groups in total. The molecule has 0 saturated heterocycles. The molecule has 6 aromatic rings. The van der Waals surface area contributed by atoms with Gasteiger partial charge in [-0.1, -0.05) is 137 Å². The number of fused-ring (bicyclic) bond motifs is 8. The van der Waals surface area contributed by atoms with Crippen molar-refractivity contribution in [3.8, 4) is 22.3 Å². The molecule has 0 amide bonds. The Hall–Kier alpha value is -3.20. The molecule has 0 saturated carbocycles. The first-order valence-corrected chi connectivity index (χ1v) is 19.6. The van der Waals surface area contributed by atoms with E-state index in [4.69, 9.17) is 0 Å². The summed E-state index contributed by atoms with van der Waals surface area (Å²) in [6, 6.07) is 32.1. The number of aryl methyl sites for hydroxylation is 6. The lowest BCUT2D eigenvalue weighted by Gasteiger charge is -2.25. The summed E-state index contributed by atoms with van der Waals surface area (Å²) in [6.07, 6.45) is 17.5. The molecule has 0 bridgehead atoms. The number of benzene rings is 4. The van der Waals surface area contributed by atoms with E-state index in [1.54, 1.807) is 30.3 Å². The lowest BCUT2D eigenvalue weighted by Crippen LogP contribution is -2.00. The summed E-state index contributed by atoms with van der Waals surface area (Å²) < 4.78 is 3.08. The molecule has 2 heterocycles. The zero-order chi connectivity index (χ0) is 31.3. The summed E-state index contributed by atoms with van der Waals surface area (Å²) in [7, 11) is 0. The molecule has 1 aliphatic rings. The Labute approximate surface area is 284 Å². The quantitative estimate of drug-likeness (QED) is 0.0922. The van der Waals surface area contributed by atoms with E-state index in [1.165, 1.54) is 108 Å². The third-order valence-electron chi connectivity index (χ3n) is 10.2. The molecule has 0 radical (unpaired) electrons. The number of unbranched alkanes of at least 4 members (excludes halogenated alkanes) is 6. The zero-order valence-corrected chi connectivity index (χ0v) is 29.4. The van der Waals surface area contributed by atoms with E-state index in [9.17, 15) is 0 Å². The van der Waals surface area contributed by atoms with Crippen molar-refractivity contribution in [2.75, 3.05) is 0 Å². The molecule has 236 valence electrons. The molecule has 2 heteroatoms. The lowest BCUT2D eigenvalue weighted by atomic mass is 9.78. The van der Waals surface area contributed by atoms with E-state index in [-0.39, 0.29) is 0 Å². The molecule has 0 nitrogen and oxygen atoms in total. The van der Waals surface area contributed by atoms with Crippen LogP contribution in [0.2, 0.25) is 0 Å². The first-order chi connectivity index (χ1) is 22.8. The van der Waals surface area contributed by atoms with Crippen molar-refractivity contribution in [2.45, 2.75) is 104 Å². The van der Waals surface area contributed by atoms with Gasteiger partial charge in [0.15, 0.2) is 0 Å². The van der Waals surface area contributed by atoms with E-state index in [0.717, 1.165) is 25.7 Å². The van der Waals surface area contributed by atoms with Crippen LogP contribution in [0.15, 0.2) is 84.9 Å². The predicted molar refractivity (Wildman–Crippen MR) is 205 cm³/mol. The highest BCUT2D eigenvalue weighted by Gasteiger charge is 2.31. The SMILES string of the molecule is CCCCCCc1sc2c3c(ccc2c1CCc1ccccc1)-c1c-3ccc2c(CCc3ccccc3)c(CCCCCC)sc12. The number of hydrogen-bond acceptors (Lipinski definition) is 2. The maximum absolute atomic E-state index is 2.48. The average Bonchev–Trinajstić information content (AvgIpc) is 3.61. The topological polar surface area (TPSA) is 0 Å². The second kappa shape index (κ2) is 14.7. The minimum Gasteiger partial charge on any atom is -0.139 e. The van der Waals surface area contributed by atoms with Gasteiger partial charge >= 0.3 is 0 Å². The van der Waals surface area contributed by atoms with Crippen LogP contribution in [0.5, 0.6) is 0 Å². The highest BCUT2D eigenvalue weighted by atomic mass is 32.1. The van der Waals surface area contributed by atoms with Crippen LogP contribution < -0.4 is 0 Å². The van der Waals surface area contributed by atoms with Crippen molar-refractivity contribution in [1.82, 2.24) is 0 Å². The molecule has 46 heavy (non-hydrogen) atoms. The van der Waals surface area contributed by atoms with Gasteiger partial charge in [0.25, 0.3) is 0 Å². The van der Waals surface area contributed by atoms with Crippen molar-refractivity contribution in [3.05, 3.63) is 117 Å². The van der Waals surface area contributed by atoms with Crippen molar-refractivity contribution >= 4 is 42.8 Å². The molecule has 4 aromatic carbocycles. The fraction of sp³-hybridized carbons (Fsp3) is 0.364. The monoisotopic (exact) mass is 640 g/mol. The zero-order valence-electron chi connectivity index (χ0n) is 27.8. The largest absolute Gasteiger partial charge is 0.139 e. The highest BCUT2D eigenvalue weighted by molar-refractivity contribution is 7.21. The Morgan fingerprint density at radius 3 is 1.26 bits per heavy atom. The Morgan fingerprint density at radius 2 is 0.848 bits per heavy atom. The lowest BCUT2D eigenvalue weighted by molar-refractivity contribution is 0.668. The molecular weight excluding hydrogens is 593 g/mol. The molecule has 2 aromatic heterocycles. The van der Waals surface area contributed by atoms with Crippen LogP contribution in [0, 0.1) is 0 Å². The van der Waals surface area contributed by atoms with Crippen molar-refractivity contribution in [1.29, 1.82) is 0 Å². The Bertz CT molecular complexity index is 1750. The smallest absolute Gasteiger partial charge is 0.0433 e. The Kier molecular flexibility index (Phi) is 10.0. The van der Waals surface area contributed by atoms with Crippen LogP contribution in [0.3, 0.4) is 0 Å². The Morgan fingerprint density at radius 1 is 0.413 bits per heavy atom. The van der Waals surface area contributed by atoms with Crippen LogP contribution in [0.1, 0.15) is 97.2 Å². The van der Waals surface area contributed by atoms with E-state index in [0.29, 0.717) is 0 Å². The molecule has 0 unspecified atom stereocenters. The molecule has 1 aliphatic carbocycles. The maximum Gasteiger partial charge on any atom is 0.0433 e. The first-order valence-electron chi connectivity index (χ1n) is 18.0. The van der Waals surface area contributed by atoms with Crippen molar-refractivity contribution in [3.63, 3.8) is 0 Å². The van der Waals surface area contributed by atoms with Gasteiger partial charge in [0.1, 0.15) is 0 Å². The number of hydrogen-bond donors (Lipinski definition) is 0. The minimum absolute atomic E-state index is 1.12. The van der Waals surface area contributed by atoms with Gasteiger partial charge in [-0.3, -0.25) is 0 Å². The molecule has 0 spiro atoms. The molecule has 0 atom stereocenters. The van der Waals surface area contributed by atoms with Gasteiger partial charge in [0, 0.05) is 30.3 Å². The third kappa shape index (κ3) is 6.36. The van der Waals surface area contributed by atoms with Crippen LogP contribution in [0.4, 0.5) is 0 Å². The van der Waals surface area contributed by atoms with Gasteiger partial charge in [-0.15, -0.1) is 22.7 Å². The molecule has 0 aliphatic heterocycles. The standard InChI is InChI=1S/C44H48S2/c1-3-5-7-15-21-39-33(25-23-31-17-11-9-12-18-31)35-27-29-37-41(43(35)45-39)38-30-28-36-34(26-24-32-19-13-10-14-20-32)40(22-16-8-6-4-2)46-44(36)42(37)38/h9-14,17-20,27-30H,3-8,15-16,21-26H2,1-2H3. The van der Waals surface area contributed by atoms with Crippen LogP contribution in [-0.2, 0) is 38.5 Å². The third-order valence-corrected chi connectivity index (χ3v) is 12.8. The second-order valence-electron chi connectivity index (χ2n) is 13.3. The van der Waals surface area contributed by atoms with Crippen molar-refractivity contribution in [2.24, 2.45) is 0 Å². The normalized spacial score (nSPS) is 12.0. The second-order valence-corrected chi connectivity index (χ2v) is 15.5. The summed E-state index contributed by atoms with van der Waals surface area (Å²) >= 11 is 4.22. The van der Waals surface area contributed by atoms with Crippen LogP contribution in [0.25, 0.3) is 42.4 Å². The molecule has 7 rings (SSSR count). The molecular formula is C44H48S2. The fourth-order valence-electron chi connectivity index (χ4n) is 7.62. The van der Waals surface area contributed by atoms with Gasteiger partial charge in [0.2, 0.25) is 0 Å². The van der Waals surface area contributed by atoms with Gasteiger partial charge in [-0.2, -0.15) is 0 Å². The van der Waals surface area contributed by atoms with Gasteiger partial charge in [0.05, 0.1) is 0 Å². The van der Waals surface area contributed by atoms with Crippen LogP contribution in [-0.4, -0.2) is 0 Å². The summed E-state index contributed by atoms with van der Waals surface area (Å²) in [6.45, 7) is 4.63. The average molecular weight is 641 g/mol. The van der Waals surface area contributed by atoms with Gasteiger partial charge in [-0.25, -0.2) is 0 Å². The summed E-state index contributed by atoms with van der Waals surface area (Å²) in [4.78, 5) is 3.28. The van der Waals surface area contributed by atoms with Gasteiger partial charge < -0.3 is 0 Å². The van der Waals surface area contributed by atoms with E-state index in [2.05, 4.69) is 121 Å². The number of thiophene rings is 2.